The van der Waals surface area contributed by atoms with E-state index in [0.717, 1.165) is 19.4 Å². The molecule has 3 nitrogen and oxygen atoms in total. The van der Waals surface area contributed by atoms with Crippen LogP contribution in [0.4, 0.5) is 0 Å². The number of hydrogen-bond donors (Lipinski definition) is 0. The Kier molecular flexibility index (Phi) is 8.33. The molecule has 2 rings (SSSR count). The monoisotopic (exact) mass is 378 g/mol. The van der Waals surface area contributed by atoms with Crippen molar-refractivity contribution in [3.63, 3.8) is 0 Å². The van der Waals surface area contributed by atoms with Crippen LogP contribution in [-0.2, 0) is 13.9 Å². The predicted molar refractivity (Wildman–Crippen MR) is 111 cm³/mol. The first-order chi connectivity index (χ1) is 12.4. The van der Waals surface area contributed by atoms with Gasteiger partial charge in [-0.2, -0.15) is 0 Å². The molecule has 1 aliphatic rings. The largest absolute Gasteiger partial charge is 0.413 e. The van der Waals surface area contributed by atoms with E-state index in [9.17, 15) is 0 Å². The Morgan fingerprint density at radius 2 is 1.58 bits per heavy atom. The molecule has 1 unspecified atom stereocenters. The molecule has 0 radical (unpaired) electrons. The van der Waals surface area contributed by atoms with Crippen LogP contribution in [0, 0.1) is 0 Å². The van der Waals surface area contributed by atoms with Crippen LogP contribution in [0.3, 0.4) is 0 Å². The van der Waals surface area contributed by atoms with E-state index < -0.39 is 8.32 Å². The van der Waals surface area contributed by atoms with Gasteiger partial charge in [0.1, 0.15) is 6.10 Å². The lowest BCUT2D eigenvalue weighted by atomic mass is 10.1. The number of benzene rings is 1. The fourth-order valence-corrected chi connectivity index (χ4v) is 10.0. The molecule has 1 aromatic rings. The van der Waals surface area contributed by atoms with Crippen LogP contribution in [0.1, 0.15) is 72.5 Å². The Balaban J connectivity index is 2.17. The van der Waals surface area contributed by atoms with E-state index in [-0.39, 0.29) is 12.4 Å². The average molecular weight is 379 g/mol. The zero-order chi connectivity index (χ0) is 19.2. The van der Waals surface area contributed by atoms with E-state index in [1.54, 1.807) is 0 Å². The molecule has 0 aromatic heterocycles. The van der Waals surface area contributed by atoms with Crippen molar-refractivity contribution < 1.29 is 13.9 Å². The highest BCUT2D eigenvalue weighted by molar-refractivity contribution is 6.77. The number of ether oxygens (including phenoxy) is 2. The minimum absolute atomic E-state index is 0.0672. The fraction of sp³-hybridized carbons (Fsp3) is 0.727. The summed E-state index contributed by atoms with van der Waals surface area (Å²) in [5, 5.41) is 0. The predicted octanol–water partition coefficient (Wildman–Crippen LogP) is 6.46. The zero-order valence-corrected chi connectivity index (χ0v) is 18.5. The summed E-state index contributed by atoms with van der Waals surface area (Å²) in [6.45, 7) is 15.4. The van der Waals surface area contributed by atoms with Gasteiger partial charge in [0.2, 0.25) is 0 Å². The third-order valence-electron chi connectivity index (χ3n) is 5.82. The molecule has 0 N–H and O–H groups in total. The summed E-state index contributed by atoms with van der Waals surface area (Å²) in [7, 11) is -1.91. The van der Waals surface area contributed by atoms with Crippen molar-refractivity contribution in [1.82, 2.24) is 0 Å². The van der Waals surface area contributed by atoms with Gasteiger partial charge in [0.15, 0.2) is 14.6 Å². The SMILES string of the molecule is CC(C)[Si](OC[C@@H](OC1CCCCO1)c1ccccc1)(C(C)C)C(C)C. The van der Waals surface area contributed by atoms with E-state index in [2.05, 4.69) is 65.8 Å². The van der Waals surface area contributed by atoms with E-state index in [1.165, 1.54) is 12.0 Å². The van der Waals surface area contributed by atoms with E-state index >= 15 is 0 Å². The number of rotatable bonds is 9. The Hall–Kier alpha value is -0.683. The Labute approximate surface area is 161 Å². The molecule has 0 amide bonds. The summed E-state index contributed by atoms with van der Waals surface area (Å²) >= 11 is 0. The summed E-state index contributed by atoms with van der Waals surface area (Å²) in [5.41, 5.74) is 2.90. The van der Waals surface area contributed by atoms with Gasteiger partial charge in [0.25, 0.3) is 0 Å². The molecule has 1 aliphatic heterocycles. The van der Waals surface area contributed by atoms with E-state index in [1.807, 2.05) is 6.07 Å². The molecule has 0 saturated carbocycles. The van der Waals surface area contributed by atoms with Crippen LogP contribution in [-0.4, -0.2) is 27.8 Å². The summed E-state index contributed by atoms with van der Waals surface area (Å²) in [5.74, 6) is 0. The lowest BCUT2D eigenvalue weighted by Gasteiger charge is -2.43. The molecule has 4 heteroatoms. The van der Waals surface area contributed by atoms with Crippen LogP contribution in [0.15, 0.2) is 30.3 Å². The molecular weight excluding hydrogens is 340 g/mol. The normalized spacial score (nSPS) is 20.1. The van der Waals surface area contributed by atoms with Crippen LogP contribution < -0.4 is 0 Å². The van der Waals surface area contributed by atoms with Gasteiger partial charge >= 0.3 is 0 Å². The lowest BCUT2D eigenvalue weighted by Crippen LogP contribution is -2.48. The van der Waals surface area contributed by atoms with Crippen molar-refractivity contribution in [2.24, 2.45) is 0 Å². The molecule has 1 heterocycles. The number of hydrogen-bond acceptors (Lipinski definition) is 3. The van der Waals surface area contributed by atoms with Crippen LogP contribution >= 0.6 is 0 Å². The maximum atomic E-state index is 6.83. The molecule has 1 aromatic carbocycles. The third-order valence-corrected chi connectivity index (χ3v) is 11.9. The smallest absolute Gasteiger partial charge is 0.200 e. The van der Waals surface area contributed by atoms with Crippen molar-refractivity contribution in [3.05, 3.63) is 35.9 Å². The van der Waals surface area contributed by atoms with Gasteiger partial charge in [-0.15, -0.1) is 0 Å². The second kappa shape index (κ2) is 10.0. The zero-order valence-electron chi connectivity index (χ0n) is 17.5. The molecule has 1 fully saturated rings. The molecule has 148 valence electrons. The lowest BCUT2D eigenvalue weighted by molar-refractivity contribution is -0.195. The van der Waals surface area contributed by atoms with Gasteiger partial charge in [0.05, 0.1) is 6.61 Å². The molecule has 0 aliphatic carbocycles. The third kappa shape index (κ3) is 5.19. The standard InChI is InChI=1S/C22H38O3Si/c1-17(2)26(18(3)4,19(5)6)24-16-21(20-12-8-7-9-13-20)25-22-14-10-11-15-23-22/h7-9,12-13,17-19,21-22H,10-11,14-16H2,1-6H3/t21-,22?/m1/s1. The molecular formula is C22H38O3Si. The highest BCUT2D eigenvalue weighted by Crippen LogP contribution is 2.43. The van der Waals surface area contributed by atoms with Crippen LogP contribution in [0.25, 0.3) is 0 Å². The van der Waals surface area contributed by atoms with E-state index in [4.69, 9.17) is 13.9 Å². The maximum Gasteiger partial charge on any atom is 0.200 e. The molecule has 0 spiro atoms. The van der Waals surface area contributed by atoms with Crippen molar-refractivity contribution in [2.75, 3.05) is 13.2 Å². The Bertz CT molecular complexity index is 488. The van der Waals surface area contributed by atoms with Crippen molar-refractivity contribution in [2.45, 2.75) is 89.8 Å². The molecule has 2 atom stereocenters. The quantitative estimate of drug-likeness (QED) is 0.461. The van der Waals surface area contributed by atoms with Crippen molar-refractivity contribution in [3.8, 4) is 0 Å². The minimum atomic E-state index is -1.91. The van der Waals surface area contributed by atoms with Gasteiger partial charge in [0, 0.05) is 6.61 Å². The van der Waals surface area contributed by atoms with Gasteiger partial charge in [-0.05, 0) is 41.4 Å². The summed E-state index contributed by atoms with van der Waals surface area (Å²) in [4.78, 5) is 0. The summed E-state index contributed by atoms with van der Waals surface area (Å²) in [6, 6.07) is 10.5. The molecule has 1 saturated heterocycles. The topological polar surface area (TPSA) is 27.7 Å². The van der Waals surface area contributed by atoms with Gasteiger partial charge in [-0.1, -0.05) is 71.9 Å². The first kappa shape index (κ1) is 21.6. The van der Waals surface area contributed by atoms with Gasteiger partial charge < -0.3 is 13.9 Å². The van der Waals surface area contributed by atoms with Crippen molar-refractivity contribution >= 4 is 8.32 Å². The van der Waals surface area contributed by atoms with Crippen LogP contribution in [0.5, 0.6) is 0 Å². The molecule has 0 bridgehead atoms. The highest BCUT2D eigenvalue weighted by Gasteiger charge is 2.45. The minimum Gasteiger partial charge on any atom is -0.413 e. The van der Waals surface area contributed by atoms with Crippen LogP contribution in [0.2, 0.25) is 16.6 Å². The van der Waals surface area contributed by atoms with Gasteiger partial charge in [-0.25, -0.2) is 0 Å². The van der Waals surface area contributed by atoms with Crippen molar-refractivity contribution in [1.29, 1.82) is 0 Å². The molecule has 26 heavy (non-hydrogen) atoms. The second-order valence-electron chi connectivity index (χ2n) is 8.46. The summed E-state index contributed by atoms with van der Waals surface area (Å²) < 4.78 is 19.1. The first-order valence-electron chi connectivity index (χ1n) is 10.3. The Morgan fingerprint density at radius 3 is 2.08 bits per heavy atom. The van der Waals surface area contributed by atoms with Gasteiger partial charge in [-0.3, -0.25) is 0 Å². The van der Waals surface area contributed by atoms with E-state index in [0.29, 0.717) is 23.2 Å². The first-order valence-corrected chi connectivity index (χ1v) is 12.5. The fourth-order valence-electron chi connectivity index (χ4n) is 4.60. The second-order valence-corrected chi connectivity index (χ2v) is 13.9. The average Bonchev–Trinajstić information content (AvgIpc) is 2.62. The summed E-state index contributed by atoms with van der Waals surface area (Å²) in [6.07, 6.45) is 3.12. The Morgan fingerprint density at radius 1 is 0.962 bits per heavy atom. The maximum absolute atomic E-state index is 6.83. The highest BCUT2D eigenvalue weighted by atomic mass is 28.4.